The lowest BCUT2D eigenvalue weighted by Crippen LogP contribution is -2.65. The molecule has 102 valence electrons. The Balaban J connectivity index is 1.75. The van der Waals surface area contributed by atoms with Crippen LogP contribution in [-0.2, 0) is 16.1 Å². The summed E-state index contributed by atoms with van der Waals surface area (Å²) < 4.78 is 0. The van der Waals surface area contributed by atoms with Crippen LogP contribution in [0.25, 0.3) is 0 Å². The summed E-state index contributed by atoms with van der Waals surface area (Å²) in [5.41, 5.74) is 0.862. The van der Waals surface area contributed by atoms with Crippen molar-refractivity contribution in [2.75, 3.05) is 26.2 Å². The monoisotopic (exact) mass is 280 g/mol. The lowest BCUT2D eigenvalue weighted by Gasteiger charge is -2.43. The number of thiazole rings is 1. The van der Waals surface area contributed by atoms with Gasteiger partial charge in [0.1, 0.15) is 0 Å². The van der Waals surface area contributed by atoms with E-state index in [9.17, 15) is 9.59 Å². The molecule has 1 unspecified atom stereocenters. The van der Waals surface area contributed by atoms with E-state index in [2.05, 4.69) is 10.3 Å². The van der Waals surface area contributed by atoms with Crippen LogP contribution in [0.1, 0.15) is 10.7 Å². The van der Waals surface area contributed by atoms with Gasteiger partial charge in [-0.15, -0.1) is 11.3 Å². The van der Waals surface area contributed by atoms with Gasteiger partial charge in [0.05, 0.1) is 23.3 Å². The summed E-state index contributed by atoms with van der Waals surface area (Å²) in [6.45, 7) is 5.10. The number of rotatable bonds is 2. The molecule has 2 aliphatic heterocycles. The standard InChI is InChI=1S/C12H16N4O2S/c1-8-14-9(7-19-8)5-15-6-10-4-13-2-3-16(10)12(18)11(15)17/h7,10,13H,2-6H2,1H3. The quantitative estimate of drug-likeness (QED) is 0.748. The van der Waals surface area contributed by atoms with Gasteiger partial charge in [0.25, 0.3) is 0 Å². The molecular weight excluding hydrogens is 264 g/mol. The summed E-state index contributed by atoms with van der Waals surface area (Å²) in [6.07, 6.45) is 0. The van der Waals surface area contributed by atoms with Gasteiger partial charge in [0.2, 0.25) is 0 Å². The lowest BCUT2D eigenvalue weighted by atomic mass is 10.1. The normalized spacial score (nSPS) is 23.7. The number of nitrogens with zero attached hydrogens (tertiary/aromatic N) is 3. The number of nitrogens with one attached hydrogen (secondary N) is 1. The highest BCUT2D eigenvalue weighted by Crippen LogP contribution is 2.17. The molecule has 0 bridgehead atoms. The fourth-order valence-electron chi connectivity index (χ4n) is 2.60. The van der Waals surface area contributed by atoms with Crippen molar-refractivity contribution in [2.45, 2.75) is 19.5 Å². The average molecular weight is 280 g/mol. The Morgan fingerprint density at radius 1 is 1.47 bits per heavy atom. The molecule has 0 aromatic carbocycles. The van der Waals surface area contributed by atoms with Gasteiger partial charge in [0, 0.05) is 31.6 Å². The summed E-state index contributed by atoms with van der Waals surface area (Å²) in [5.74, 6) is -0.770. The number of aromatic nitrogens is 1. The first-order chi connectivity index (χ1) is 9.15. The van der Waals surface area contributed by atoms with Crippen LogP contribution >= 0.6 is 11.3 Å². The van der Waals surface area contributed by atoms with Crippen molar-refractivity contribution >= 4 is 23.2 Å². The highest BCUT2D eigenvalue weighted by atomic mass is 32.1. The molecule has 2 fully saturated rings. The number of carbonyl (C=O) groups is 2. The molecule has 3 heterocycles. The number of piperazine rings is 2. The first-order valence-corrected chi connectivity index (χ1v) is 7.24. The molecule has 1 N–H and O–H groups in total. The second kappa shape index (κ2) is 4.90. The molecule has 0 saturated carbocycles. The van der Waals surface area contributed by atoms with Gasteiger partial charge in [-0.3, -0.25) is 9.59 Å². The van der Waals surface area contributed by atoms with Crippen LogP contribution in [0.4, 0.5) is 0 Å². The Labute approximate surface area is 115 Å². The smallest absolute Gasteiger partial charge is 0.312 e. The summed E-state index contributed by atoms with van der Waals surface area (Å²) >= 11 is 1.56. The minimum absolute atomic E-state index is 0.0960. The first kappa shape index (κ1) is 12.6. The maximum absolute atomic E-state index is 12.1. The average Bonchev–Trinajstić information content (AvgIpc) is 2.81. The van der Waals surface area contributed by atoms with Crippen LogP contribution in [0.2, 0.25) is 0 Å². The molecule has 1 aromatic heterocycles. The number of hydrogen-bond acceptors (Lipinski definition) is 5. The second-order valence-electron chi connectivity index (χ2n) is 4.90. The van der Waals surface area contributed by atoms with Gasteiger partial charge in [-0.05, 0) is 6.92 Å². The molecule has 2 saturated heterocycles. The summed E-state index contributed by atoms with van der Waals surface area (Å²) in [7, 11) is 0. The maximum Gasteiger partial charge on any atom is 0.312 e. The van der Waals surface area contributed by atoms with Crippen LogP contribution in [0.5, 0.6) is 0 Å². The summed E-state index contributed by atoms with van der Waals surface area (Å²) in [6, 6.07) is 0.0960. The zero-order valence-electron chi connectivity index (χ0n) is 10.8. The van der Waals surface area contributed by atoms with Crippen molar-refractivity contribution in [1.82, 2.24) is 20.1 Å². The van der Waals surface area contributed by atoms with Crippen molar-refractivity contribution in [1.29, 1.82) is 0 Å². The number of aryl methyl sites for hydroxylation is 1. The number of carbonyl (C=O) groups excluding carboxylic acids is 2. The zero-order chi connectivity index (χ0) is 13.4. The molecule has 2 amide bonds. The third-order valence-electron chi connectivity index (χ3n) is 3.53. The Bertz CT molecular complexity index is 516. The van der Waals surface area contributed by atoms with Gasteiger partial charge in [-0.25, -0.2) is 4.98 Å². The lowest BCUT2D eigenvalue weighted by molar-refractivity contribution is -0.160. The fraction of sp³-hybridized carbons (Fsp3) is 0.583. The molecule has 6 nitrogen and oxygen atoms in total. The SMILES string of the molecule is Cc1nc(CN2CC3CNCCN3C(=O)C2=O)cs1. The number of amides is 2. The molecule has 1 aromatic rings. The summed E-state index contributed by atoms with van der Waals surface area (Å²) in [5, 5.41) is 6.18. The highest BCUT2D eigenvalue weighted by Gasteiger charge is 2.39. The molecule has 0 radical (unpaired) electrons. The first-order valence-electron chi connectivity index (χ1n) is 6.37. The molecular formula is C12H16N4O2S. The molecule has 2 aliphatic rings. The minimum atomic E-state index is -0.399. The largest absolute Gasteiger partial charge is 0.327 e. The maximum atomic E-state index is 12.1. The molecule has 3 rings (SSSR count). The Hall–Kier alpha value is -1.47. The Kier molecular flexibility index (Phi) is 3.24. The molecule has 7 heteroatoms. The Morgan fingerprint density at radius 2 is 2.32 bits per heavy atom. The van der Waals surface area contributed by atoms with Crippen molar-refractivity contribution < 1.29 is 9.59 Å². The van der Waals surface area contributed by atoms with Crippen molar-refractivity contribution in [3.63, 3.8) is 0 Å². The Morgan fingerprint density at radius 3 is 3.05 bits per heavy atom. The van der Waals surface area contributed by atoms with E-state index in [0.717, 1.165) is 23.8 Å². The minimum Gasteiger partial charge on any atom is -0.327 e. The molecule has 0 spiro atoms. The van der Waals surface area contributed by atoms with Gasteiger partial charge in [-0.2, -0.15) is 0 Å². The van der Waals surface area contributed by atoms with Crippen LogP contribution in [-0.4, -0.2) is 58.8 Å². The van der Waals surface area contributed by atoms with E-state index in [1.165, 1.54) is 0 Å². The topological polar surface area (TPSA) is 65.5 Å². The van der Waals surface area contributed by atoms with Gasteiger partial charge in [0.15, 0.2) is 0 Å². The van der Waals surface area contributed by atoms with Crippen LogP contribution in [0, 0.1) is 6.92 Å². The number of hydrogen-bond donors (Lipinski definition) is 1. The van der Waals surface area contributed by atoms with Crippen molar-refractivity contribution in [3.8, 4) is 0 Å². The van der Waals surface area contributed by atoms with Crippen LogP contribution in [0.15, 0.2) is 5.38 Å². The van der Waals surface area contributed by atoms with Crippen molar-refractivity contribution in [3.05, 3.63) is 16.1 Å². The van der Waals surface area contributed by atoms with Crippen molar-refractivity contribution in [2.24, 2.45) is 0 Å². The van der Waals surface area contributed by atoms with E-state index in [4.69, 9.17) is 0 Å². The molecule has 1 atom stereocenters. The van der Waals surface area contributed by atoms with E-state index >= 15 is 0 Å². The van der Waals surface area contributed by atoms with Gasteiger partial charge < -0.3 is 15.1 Å². The molecule has 0 aliphatic carbocycles. The predicted molar refractivity (Wildman–Crippen MR) is 70.6 cm³/mol. The predicted octanol–water partition coefficient (Wildman–Crippen LogP) is -0.406. The van der Waals surface area contributed by atoms with Gasteiger partial charge >= 0.3 is 11.8 Å². The van der Waals surface area contributed by atoms with E-state index in [0.29, 0.717) is 19.6 Å². The third-order valence-corrected chi connectivity index (χ3v) is 4.35. The van der Waals surface area contributed by atoms with E-state index < -0.39 is 5.91 Å². The van der Waals surface area contributed by atoms with Crippen LogP contribution < -0.4 is 5.32 Å². The highest BCUT2D eigenvalue weighted by molar-refractivity contribution is 7.09. The zero-order valence-corrected chi connectivity index (χ0v) is 11.6. The fourth-order valence-corrected chi connectivity index (χ4v) is 3.20. The van der Waals surface area contributed by atoms with Crippen LogP contribution in [0.3, 0.4) is 0 Å². The summed E-state index contributed by atoms with van der Waals surface area (Å²) in [4.78, 5) is 31.8. The van der Waals surface area contributed by atoms with E-state index in [1.807, 2.05) is 12.3 Å². The number of fused-ring (bicyclic) bond motifs is 1. The van der Waals surface area contributed by atoms with E-state index in [1.54, 1.807) is 21.1 Å². The van der Waals surface area contributed by atoms with Gasteiger partial charge in [-0.1, -0.05) is 0 Å². The second-order valence-corrected chi connectivity index (χ2v) is 5.96. The molecule has 19 heavy (non-hydrogen) atoms. The third kappa shape index (κ3) is 2.35. The van der Waals surface area contributed by atoms with E-state index in [-0.39, 0.29) is 11.9 Å².